The van der Waals surface area contributed by atoms with Crippen molar-refractivity contribution in [1.29, 1.82) is 0 Å². The van der Waals surface area contributed by atoms with Crippen LogP contribution in [0.4, 0.5) is 4.79 Å². The van der Waals surface area contributed by atoms with Gasteiger partial charge in [-0.3, -0.25) is 4.90 Å². The maximum absolute atomic E-state index is 11.8. The Morgan fingerprint density at radius 2 is 1.89 bits per heavy atom. The van der Waals surface area contributed by atoms with Crippen molar-refractivity contribution in [3.8, 4) is 0 Å². The molecule has 1 aliphatic rings. The summed E-state index contributed by atoms with van der Waals surface area (Å²) in [5.41, 5.74) is -0.452. The van der Waals surface area contributed by atoms with E-state index in [1.165, 1.54) is 0 Å². The van der Waals surface area contributed by atoms with E-state index in [0.29, 0.717) is 18.8 Å². The monoisotopic (exact) mass is 294 g/mol. The Morgan fingerprint density at radius 3 is 2.42 bits per heavy atom. The quantitative estimate of drug-likeness (QED) is 0.357. The number of nitrogens with zero attached hydrogens (tertiary/aromatic N) is 2. The highest BCUT2D eigenvalue weighted by Gasteiger charge is 2.25. The van der Waals surface area contributed by atoms with Crippen LogP contribution in [-0.2, 0) is 14.1 Å². The van der Waals surface area contributed by atoms with E-state index in [1.807, 2.05) is 20.8 Å². The molecular formula is C11H22N2O5S. The lowest BCUT2D eigenvalue weighted by atomic mass is 10.2. The molecule has 112 valence electrons. The second-order valence-corrected chi connectivity index (χ2v) is 6.05. The third-order valence-corrected chi connectivity index (χ3v) is 3.10. The minimum absolute atomic E-state index is 0.251. The predicted molar refractivity (Wildman–Crippen MR) is 71.5 cm³/mol. The highest BCUT2D eigenvalue weighted by atomic mass is 32.2. The van der Waals surface area contributed by atoms with Crippen LogP contribution in [-0.4, -0.2) is 65.2 Å². The van der Waals surface area contributed by atoms with Gasteiger partial charge in [-0.05, 0) is 20.8 Å². The van der Waals surface area contributed by atoms with Gasteiger partial charge in [0.05, 0.1) is 0 Å². The van der Waals surface area contributed by atoms with E-state index in [4.69, 9.17) is 9.99 Å². The van der Waals surface area contributed by atoms with Crippen LogP contribution in [0, 0.1) is 0 Å². The fourth-order valence-corrected chi connectivity index (χ4v) is 2.15. The summed E-state index contributed by atoms with van der Waals surface area (Å²) >= 11 is 1.04. The average molecular weight is 294 g/mol. The minimum atomic E-state index is -0.452. The smallest absolute Gasteiger partial charge is 0.410 e. The number of hydrogen-bond donors (Lipinski definition) is 1. The van der Waals surface area contributed by atoms with Gasteiger partial charge in [-0.2, -0.15) is 0 Å². The maximum Gasteiger partial charge on any atom is 0.410 e. The molecule has 0 atom stereocenters. The highest BCUT2D eigenvalue weighted by Crippen LogP contribution is 2.12. The fraction of sp³-hybridized carbons (Fsp3) is 0.909. The Kier molecular flexibility index (Phi) is 6.87. The van der Waals surface area contributed by atoms with E-state index >= 15 is 0 Å². The molecule has 0 unspecified atom stereocenters. The number of carbonyl (C=O) groups is 1. The van der Waals surface area contributed by atoms with Crippen LogP contribution in [0.15, 0.2) is 0 Å². The van der Waals surface area contributed by atoms with Crippen molar-refractivity contribution >= 4 is 18.1 Å². The number of hydrogen-bond acceptors (Lipinski definition) is 7. The molecule has 1 fully saturated rings. The van der Waals surface area contributed by atoms with Gasteiger partial charge >= 0.3 is 6.09 Å². The van der Waals surface area contributed by atoms with Crippen molar-refractivity contribution in [2.75, 3.05) is 38.5 Å². The molecule has 1 rings (SSSR count). The van der Waals surface area contributed by atoms with Gasteiger partial charge in [-0.15, -0.1) is 4.33 Å². The molecule has 0 aliphatic carbocycles. The Bertz CT molecular complexity index is 277. The van der Waals surface area contributed by atoms with E-state index in [-0.39, 0.29) is 6.09 Å². The normalized spacial score (nSPS) is 17.6. The number of rotatable bonds is 5. The molecule has 0 radical (unpaired) electrons. The van der Waals surface area contributed by atoms with Gasteiger partial charge in [-0.25, -0.2) is 10.1 Å². The van der Waals surface area contributed by atoms with Gasteiger partial charge in [0.15, 0.2) is 0 Å². The first-order valence-electron chi connectivity index (χ1n) is 6.22. The van der Waals surface area contributed by atoms with E-state index in [1.54, 1.807) is 4.90 Å². The van der Waals surface area contributed by atoms with Crippen molar-refractivity contribution in [2.24, 2.45) is 0 Å². The van der Waals surface area contributed by atoms with Crippen molar-refractivity contribution in [1.82, 2.24) is 9.80 Å². The molecule has 0 saturated carbocycles. The van der Waals surface area contributed by atoms with Crippen molar-refractivity contribution in [2.45, 2.75) is 26.4 Å². The summed E-state index contributed by atoms with van der Waals surface area (Å²) in [5.74, 6) is 0.687. The predicted octanol–water partition coefficient (Wildman–Crippen LogP) is 1.61. The maximum atomic E-state index is 11.8. The molecule has 1 amide bonds. The Hall–Kier alpha value is -0.540. The van der Waals surface area contributed by atoms with Crippen molar-refractivity contribution < 1.29 is 24.2 Å². The average Bonchev–Trinajstić information content (AvgIpc) is 2.33. The van der Waals surface area contributed by atoms with Crippen LogP contribution < -0.4 is 0 Å². The van der Waals surface area contributed by atoms with Crippen LogP contribution in [0.3, 0.4) is 0 Å². The van der Waals surface area contributed by atoms with Gasteiger partial charge in [0, 0.05) is 50.5 Å². The van der Waals surface area contributed by atoms with Gasteiger partial charge in [0.25, 0.3) is 0 Å². The molecule has 7 nitrogen and oxygen atoms in total. The minimum Gasteiger partial charge on any atom is -0.444 e. The first kappa shape index (κ1) is 16.5. The molecule has 0 bridgehead atoms. The summed E-state index contributed by atoms with van der Waals surface area (Å²) in [4.78, 5) is 15.8. The molecule has 1 saturated heterocycles. The van der Waals surface area contributed by atoms with Gasteiger partial charge < -0.3 is 9.64 Å². The lowest BCUT2D eigenvalue weighted by molar-refractivity contribution is -0.432. The molecule has 1 heterocycles. The molecule has 1 N–H and O–H groups in total. The number of ether oxygens (including phenoxy) is 1. The van der Waals surface area contributed by atoms with Crippen molar-refractivity contribution in [3.63, 3.8) is 0 Å². The zero-order valence-electron chi connectivity index (χ0n) is 11.6. The summed E-state index contributed by atoms with van der Waals surface area (Å²) in [5, 5.41) is 11.5. The van der Waals surface area contributed by atoms with E-state index in [9.17, 15) is 4.79 Å². The molecule has 0 aromatic carbocycles. The van der Waals surface area contributed by atoms with Crippen LogP contribution in [0.25, 0.3) is 0 Å². The molecule has 19 heavy (non-hydrogen) atoms. The molecule has 0 spiro atoms. The Labute approximate surface area is 117 Å². The Morgan fingerprint density at radius 1 is 1.26 bits per heavy atom. The molecule has 0 aromatic rings. The van der Waals surface area contributed by atoms with Gasteiger partial charge in [0.1, 0.15) is 5.60 Å². The summed E-state index contributed by atoms with van der Waals surface area (Å²) in [6, 6.07) is 0. The molecule has 1 aliphatic heterocycles. The number of carbonyl (C=O) groups excluding carboxylic acids is 1. The largest absolute Gasteiger partial charge is 0.444 e. The van der Waals surface area contributed by atoms with Crippen LogP contribution in [0.1, 0.15) is 20.8 Å². The standard InChI is InChI=1S/C11H22N2O5S/c1-11(2,3)16-10(14)13-6-4-12(5-7-13)8-9-19-18-17-15/h15H,4-9H2,1-3H3. The van der Waals surface area contributed by atoms with E-state index in [2.05, 4.69) is 14.3 Å². The lowest BCUT2D eigenvalue weighted by Gasteiger charge is -2.35. The number of amides is 1. The summed E-state index contributed by atoms with van der Waals surface area (Å²) < 4.78 is 9.63. The van der Waals surface area contributed by atoms with Crippen LogP contribution >= 0.6 is 12.0 Å². The topological polar surface area (TPSA) is 71.5 Å². The van der Waals surface area contributed by atoms with Gasteiger partial charge in [-0.1, -0.05) is 5.04 Å². The SMILES string of the molecule is CC(C)(C)OC(=O)N1CCN(CCSOOO)CC1. The first-order chi connectivity index (χ1) is 8.92. The zero-order valence-corrected chi connectivity index (χ0v) is 12.4. The molecular weight excluding hydrogens is 272 g/mol. The van der Waals surface area contributed by atoms with Crippen LogP contribution in [0.5, 0.6) is 0 Å². The summed E-state index contributed by atoms with van der Waals surface area (Å²) in [6.07, 6.45) is -0.251. The number of piperazine rings is 1. The second-order valence-electron chi connectivity index (χ2n) is 5.27. The third kappa shape index (κ3) is 6.98. The summed E-state index contributed by atoms with van der Waals surface area (Å²) in [6.45, 7) is 9.34. The zero-order chi connectivity index (χ0) is 14.3. The third-order valence-electron chi connectivity index (χ3n) is 2.59. The Balaban J connectivity index is 2.19. The highest BCUT2D eigenvalue weighted by molar-refractivity contribution is 7.94. The lowest BCUT2D eigenvalue weighted by Crippen LogP contribution is -2.50. The van der Waals surface area contributed by atoms with Crippen molar-refractivity contribution in [3.05, 3.63) is 0 Å². The molecule has 0 aromatic heterocycles. The van der Waals surface area contributed by atoms with E-state index in [0.717, 1.165) is 31.7 Å². The van der Waals surface area contributed by atoms with E-state index < -0.39 is 5.60 Å². The van der Waals surface area contributed by atoms with Crippen LogP contribution in [0.2, 0.25) is 0 Å². The second kappa shape index (κ2) is 7.91. The van der Waals surface area contributed by atoms with Gasteiger partial charge in [0.2, 0.25) is 0 Å². The first-order valence-corrected chi connectivity index (χ1v) is 7.13. The molecule has 8 heteroatoms. The fourth-order valence-electron chi connectivity index (χ4n) is 1.70. The summed E-state index contributed by atoms with van der Waals surface area (Å²) in [7, 11) is 0.